The van der Waals surface area contributed by atoms with Crippen molar-refractivity contribution in [2.45, 2.75) is 32.0 Å². The van der Waals surface area contributed by atoms with E-state index in [1.54, 1.807) is 6.07 Å². The highest BCUT2D eigenvalue weighted by Crippen LogP contribution is 2.34. The van der Waals surface area contributed by atoms with Crippen molar-refractivity contribution in [3.8, 4) is 5.69 Å². The predicted octanol–water partition coefficient (Wildman–Crippen LogP) is 3.34. The van der Waals surface area contributed by atoms with Gasteiger partial charge in [-0.25, -0.2) is 9.48 Å². The van der Waals surface area contributed by atoms with Gasteiger partial charge < -0.3 is 15.2 Å². The zero-order valence-electron chi connectivity index (χ0n) is 14.9. The summed E-state index contributed by atoms with van der Waals surface area (Å²) in [7, 11) is 0. The molecule has 2 atom stereocenters. The van der Waals surface area contributed by atoms with Gasteiger partial charge in [0.05, 0.1) is 18.0 Å². The standard InChI is InChI=1S/C18H18F3N3O4/c1-10-7-11(5-6-28-10)16(25)23-12-3-2-4-13(8-12)24-15(18(19,20)21)14(9-22-24)17(26)27/h2-4,8-11H,5-7H2,1H3,(H,23,25)(H,26,27). The topological polar surface area (TPSA) is 93.5 Å². The van der Waals surface area contributed by atoms with Crippen LogP contribution < -0.4 is 5.32 Å². The van der Waals surface area contributed by atoms with Gasteiger partial charge in [-0.3, -0.25) is 4.79 Å². The van der Waals surface area contributed by atoms with Crippen LogP contribution in [0.2, 0.25) is 0 Å². The van der Waals surface area contributed by atoms with Crippen LogP contribution >= 0.6 is 0 Å². The Morgan fingerprint density at radius 2 is 2.11 bits per heavy atom. The maximum absolute atomic E-state index is 13.4. The average Bonchev–Trinajstić information content (AvgIpc) is 3.08. The zero-order valence-corrected chi connectivity index (χ0v) is 14.9. The van der Waals surface area contributed by atoms with E-state index in [9.17, 15) is 22.8 Å². The Kier molecular flexibility index (Phi) is 5.41. The molecule has 1 fully saturated rings. The lowest BCUT2D eigenvalue weighted by Crippen LogP contribution is -2.32. The fraction of sp³-hybridized carbons (Fsp3) is 0.389. The van der Waals surface area contributed by atoms with Crippen LogP contribution in [0, 0.1) is 5.92 Å². The number of nitrogens with zero attached hydrogens (tertiary/aromatic N) is 2. The first kappa shape index (κ1) is 19.9. The van der Waals surface area contributed by atoms with E-state index in [-0.39, 0.29) is 23.6 Å². The lowest BCUT2D eigenvalue weighted by atomic mass is 9.95. The van der Waals surface area contributed by atoms with E-state index in [1.807, 2.05) is 6.92 Å². The van der Waals surface area contributed by atoms with Gasteiger partial charge in [0.15, 0.2) is 5.69 Å². The Bertz CT molecular complexity index is 894. The molecular weight excluding hydrogens is 379 g/mol. The van der Waals surface area contributed by atoms with Crippen LogP contribution in [-0.2, 0) is 15.7 Å². The number of nitrogens with one attached hydrogen (secondary N) is 1. The summed E-state index contributed by atoms with van der Waals surface area (Å²) in [6, 6.07) is 5.66. The number of anilines is 1. The number of carbonyl (C=O) groups is 2. The van der Waals surface area contributed by atoms with Gasteiger partial charge in [-0.1, -0.05) is 6.07 Å². The van der Waals surface area contributed by atoms with E-state index in [2.05, 4.69) is 10.4 Å². The molecule has 1 aromatic heterocycles. The lowest BCUT2D eigenvalue weighted by Gasteiger charge is -2.26. The van der Waals surface area contributed by atoms with Gasteiger partial charge in [0.2, 0.25) is 5.91 Å². The Labute approximate surface area is 158 Å². The molecule has 2 aromatic rings. The summed E-state index contributed by atoms with van der Waals surface area (Å²) < 4.78 is 46.0. The molecule has 1 aliphatic heterocycles. The smallest absolute Gasteiger partial charge is 0.434 e. The monoisotopic (exact) mass is 397 g/mol. The molecule has 2 heterocycles. The number of benzene rings is 1. The number of carboxylic acid groups (broad SMARTS) is 1. The van der Waals surface area contributed by atoms with Gasteiger partial charge >= 0.3 is 12.1 Å². The van der Waals surface area contributed by atoms with E-state index >= 15 is 0 Å². The quantitative estimate of drug-likeness (QED) is 0.825. The van der Waals surface area contributed by atoms with Crippen LogP contribution in [-0.4, -0.2) is 39.5 Å². The largest absolute Gasteiger partial charge is 0.478 e. The molecule has 3 rings (SSSR count). The summed E-state index contributed by atoms with van der Waals surface area (Å²) in [4.78, 5) is 23.5. The summed E-state index contributed by atoms with van der Waals surface area (Å²) in [5.74, 6) is -2.21. The molecular formula is C18H18F3N3O4. The van der Waals surface area contributed by atoms with Crippen molar-refractivity contribution in [2.24, 2.45) is 5.92 Å². The summed E-state index contributed by atoms with van der Waals surface area (Å²) in [6.45, 7) is 2.34. The lowest BCUT2D eigenvalue weighted by molar-refractivity contribution is -0.143. The first-order valence-corrected chi connectivity index (χ1v) is 8.58. The van der Waals surface area contributed by atoms with Crippen molar-refractivity contribution in [1.29, 1.82) is 0 Å². The minimum absolute atomic E-state index is 0.0158. The highest BCUT2D eigenvalue weighted by molar-refractivity contribution is 5.93. The van der Waals surface area contributed by atoms with E-state index in [4.69, 9.17) is 9.84 Å². The normalized spacial score (nSPS) is 20.0. The van der Waals surface area contributed by atoms with E-state index in [1.165, 1.54) is 18.2 Å². The van der Waals surface area contributed by atoms with Crippen LogP contribution in [0.3, 0.4) is 0 Å². The van der Waals surface area contributed by atoms with E-state index in [0.29, 0.717) is 36.0 Å². The molecule has 0 radical (unpaired) electrons. The van der Waals surface area contributed by atoms with Gasteiger partial charge in [0.1, 0.15) is 5.56 Å². The molecule has 1 aromatic carbocycles. The van der Waals surface area contributed by atoms with Crippen LogP contribution in [0.4, 0.5) is 18.9 Å². The Balaban J connectivity index is 1.88. The molecule has 150 valence electrons. The molecule has 2 N–H and O–H groups in total. The van der Waals surface area contributed by atoms with Gasteiger partial charge in [-0.2, -0.15) is 18.3 Å². The van der Waals surface area contributed by atoms with Gasteiger partial charge in [0, 0.05) is 18.2 Å². The number of aromatic carboxylic acids is 1. The van der Waals surface area contributed by atoms with Crippen molar-refractivity contribution >= 4 is 17.6 Å². The molecule has 1 aliphatic rings. The first-order chi connectivity index (χ1) is 13.2. The fourth-order valence-corrected chi connectivity index (χ4v) is 3.17. The minimum Gasteiger partial charge on any atom is -0.478 e. The number of hydrogen-bond donors (Lipinski definition) is 2. The SMILES string of the molecule is CC1CC(C(=O)Nc2cccc(-n3ncc(C(=O)O)c3C(F)(F)F)c2)CCO1. The molecule has 1 saturated heterocycles. The number of amides is 1. The predicted molar refractivity (Wildman–Crippen MR) is 92.3 cm³/mol. The number of carboxylic acids is 1. The second-order valence-corrected chi connectivity index (χ2v) is 6.56. The zero-order chi connectivity index (χ0) is 20.5. The maximum atomic E-state index is 13.4. The molecule has 0 spiro atoms. The Morgan fingerprint density at radius 3 is 2.75 bits per heavy atom. The van der Waals surface area contributed by atoms with Crippen molar-refractivity contribution in [3.63, 3.8) is 0 Å². The first-order valence-electron chi connectivity index (χ1n) is 8.58. The van der Waals surface area contributed by atoms with Crippen LogP contribution in [0.25, 0.3) is 5.69 Å². The summed E-state index contributed by atoms with van der Waals surface area (Å²) >= 11 is 0. The summed E-state index contributed by atoms with van der Waals surface area (Å²) in [6.07, 6.45) is -3.18. The maximum Gasteiger partial charge on any atom is 0.434 e. The number of aromatic nitrogens is 2. The molecule has 0 bridgehead atoms. The van der Waals surface area contributed by atoms with Crippen LogP contribution in [0.15, 0.2) is 30.5 Å². The number of halogens is 3. The molecule has 10 heteroatoms. The van der Waals surface area contributed by atoms with Gasteiger partial charge in [-0.15, -0.1) is 0 Å². The Morgan fingerprint density at radius 1 is 1.36 bits per heavy atom. The third-order valence-electron chi connectivity index (χ3n) is 4.48. The second kappa shape index (κ2) is 7.63. The average molecular weight is 397 g/mol. The number of carbonyl (C=O) groups excluding carboxylic acids is 1. The van der Waals surface area contributed by atoms with E-state index in [0.717, 1.165) is 0 Å². The molecule has 0 saturated carbocycles. The van der Waals surface area contributed by atoms with E-state index < -0.39 is 23.4 Å². The number of rotatable bonds is 4. The summed E-state index contributed by atoms with van der Waals surface area (Å²) in [5, 5.41) is 15.3. The second-order valence-electron chi connectivity index (χ2n) is 6.56. The van der Waals surface area contributed by atoms with Crippen molar-refractivity contribution < 1.29 is 32.6 Å². The summed E-state index contributed by atoms with van der Waals surface area (Å²) in [5.41, 5.74) is -2.06. The fourth-order valence-electron chi connectivity index (χ4n) is 3.17. The van der Waals surface area contributed by atoms with Crippen molar-refractivity contribution in [1.82, 2.24) is 9.78 Å². The third kappa shape index (κ3) is 4.16. The van der Waals surface area contributed by atoms with Gasteiger partial charge in [0.25, 0.3) is 0 Å². The van der Waals surface area contributed by atoms with Crippen LogP contribution in [0.1, 0.15) is 35.8 Å². The third-order valence-corrected chi connectivity index (χ3v) is 4.48. The van der Waals surface area contributed by atoms with Gasteiger partial charge in [-0.05, 0) is 38.0 Å². The number of hydrogen-bond acceptors (Lipinski definition) is 4. The highest BCUT2D eigenvalue weighted by atomic mass is 19.4. The molecule has 28 heavy (non-hydrogen) atoms. The number of ether oxygens (including phenoxy) is 1. The molecule has 2 unspecified atom stereocenters. The molecule has 0 aliphatic carbocycles. The molecule has 7 nitrogen and oxygen atoms in total. The van der Waals surface area contributed by atoms with Crippen molar-refractivity contribution in [3.05, 3.63) is 41.7 Å². The number of alkyl halides is 3. The van der Waals surface area contributed by atoms with Crippen LogP contribution in [0.5, 0.6) is 0 Å². The minimum atomic E-state index is -4.91. The highest BCUT2D eigenvalue weighted by Gasteiger charge is 2.40. The molecule has 1 amide bonds. The Hall–Kier alpha value is -2.88. The van der Waals surface area contributed by atoms with Crippen molar-refractivity contribution in [2.75, 3.05) is 11.9 Å².